The van der Waals surface area contributed by atoms with Gasteiger partial charge in [0.1, 0.15) is 12.4 Å². The van der Waals surface area contributed by atoms with E-state index in [4.69, 9.17) is 10.5 Å². The van der Waals surface area contributed by atoms with Gasteiger partial charge < -0.3 is 15.8 Å². The van der Waals surface area contributed by atoms with Crippen LogP contribution >= 0.6 is 0 Å². The van der Waals surface area contributed by atoms with Gasteiger partial charge in [0.2, 0.25) is 0 Å². The van der Waals surface area contributed by atoms with Crippen molar-refractivity contribution < 1.29 is 19.2 Å². The van der Waals surface area contributed by atoms with Crippen molar-refractivity contribution in [3.05, 3.63) is 69.3 Å². The first-order valence-corrected chi connectivity index (χ1v) is 7.90. The minimum absolute atomic E-state index is 0.0101. The number of hydrogen-bond donors (Lipinski definition) is 2. The van der Waals surface area contributed by atoms with E-state index in [1.807, 2.05) is 0 Å². The van der Waals surface area contributed by atoms with Crippen LogP contribution in [0, 0.1) is 28.9 Å². The maximum absolute atomic E-state index is 12.0. The molecule has 0 unspecified atom stereocenters. The first-order valence-electron chi connectivity index (χ1n) is 7.90. The Morgan fingerprint density at radius 1 is 1.22 bits per heavy atom. The van der Waals surface area contributed by atoms with Crippen molar-refractivity contribution in [2.24, 2.45) is 5.73 Å². The Kier molecular flexibility index (Phi) is 6.49. The number of amides is 2. The van der Waals surface area contributed by atoms with E-state index in [1.165, 1.54) is 18.2 Å². The summed E-state index contributed by atoms with van der Waals surface area (Å²) in [6.45, 7) is 1.65. The number of nitro benzene ring substituents is 1. The van der Waals surface area contributed by atoms with Gasteiger partial charge in [-0.1, -0.05) is 30.0 Å². The minimum Gasteiger partial charge on any atom is -0.480 e. The van der Waals surface area contributed by atoms with Gasteiger partial charge >= 0.3 is 0 Å². The Morgan fingerprint density at radius 2 is 1.96 bits per heavy atom. The second-order valence-electron chi connectivity index (χ2n) is 5.44. The Balaban J connectivity index is 1.87. The van der Waals surface area contributed by atoms with Crippen LogP contribution in [-0.2, 0) is 0 Å². The van der Waals surface area contributed by atoms with E-state index < -0.39 is 16.7 Å². The summed E-state index contributed by atoms with van der Waals surface area (Å²) in [6.07, 6.45) is 0. The van der Waals surface area contributed by atoms with E-state index in [2.05, 4.69) is 17.2 Å². The number of primary amides is 1. The molecule has 0 heterocycles. The van der Waals surface area contributed by atoms with Crippen molar-refractivity contribution in [1.82, 2.24) is 5.32 Å². The number of nitrogens with one attached hydrogen (secondary N) is 1. The lowest BCUT2D eigenvalue weighted by molar-refractivity contribution is -0.385. The van der Waals surface area contributed by atoms with Crippen LogP contribution < -0.4 is 15.8 Å². The normalized spacial score (nSPS) is 9.67. The molecule has 138 valence electrons. The second-order valence-corrected chi connectivity index (χ2v) is 5.44. The number of nitrogens with zero attached hydrogens (tertiary/aromatic N) is 1. The zero-order valence-corrected chi connectivity index (χ0v) is 14.5. The van der Waals surface area contributed by atoms with Crippen LogP contribution in [0.25, 0.3) is 0 Å². The number of carbonyl (C=O) groups is 2. The van der Waals surface area contributed by atoms with Gasteiger partial charge in [0.15, 0.2) is 0 Å². The SMILES string of the molecule is Cc1ccc(C(=O)NCC#CCOc2ccccc2C(N)=O)cc1[N+](=O)[O-]. The fourth-order valence-corrected chi connectivity index (χ4v) is 2.20. The molecule has 0 radical (unpaired) electrons. The molecule has 0 saturated carbocycles. The molecule has 2 amide bonds. The largest absolute Gasteiger partial charge is 0.480 e. The summed E-state index contributed by atoms with van der Waals surface area (Å²) in [7, 11) is 0. The Bertz CT molecular complexity index is 944. The zero-order chi connectivity index (χ0) is 19.8. The molecule has 2 aromatic rings. The lowest BCUT2D eigenvalue weighted by Crippen LogP contribution is -2.23. The predicted molar refractivity (Wildman–Crippen MR) is 98.4 cm³/mol. The van der Waals surface area contributed by atoms with E-state index in [0.717, 1.165) is 0 Å². The minimum atomic E-state index is -0.599. The van der Waals surface area contributed by atoms with Crippen molar-refractivity contribution in [2.45, 2.75) is 6.92 Å². The summed E-state index contributed by atoms with van der Waals surface area (Å²) in [5, 5.41) is 13.5. The molecule has 0 spiro atoms. The monoisotopic (exact) mass is 367 g/mol. The molecule has 0 aliphatic heterocycles. The topological polar surface area (TPSA) is 125 Å². The molecule has 0 atom stereocenters. The fourth-order valence-electron chi connectivity index (χ4n) is 2.20. The molecule has 0 fully saturated rings. The molecular weight excluding hydrogens is 350 g/mol. The number of ether oxygens (including phenoxy) is 1. The number of carbonyl (C=O) groups excluding carboxylic acids is 2. The lowest BCUT2D eigenvalue weighted by Gasteiger charge is -2.06. The quantitative estimate of drug-likeness (QED) is 0.458. The molecule has 0 aliphatic rings. The van der Waals surface area contributed by atoms with Crippen LogP contribution in [0.3, 0.4) is 0 Å². The van der Waals surface area contributed by atoms with Gasteiger partial charge in [0.05, 0.1) is 17.0 Å². The van der Waals surface area contributed by atoms with Gasteiger partial charge in [-0.3, -0.25) is 19.7 Å². The Hall–Kier alpha value is -3.86. The maximum Gasteiger partial charge on any atom is 0.273 e. The van der Waals surface area contributed by atoms with Crippen LogP contribution in [0.1, 0.15) is 26.3 Å². The first kappa shape index (κ1) is 19.5. The van der Waals surface area contributed by atoms with Gasteiger partial charge in [-0.2, -0.15) is 0 Å². The summed E-state index contributed by atoms with van der Waals surface area (Å²) in [5.41, 5.74) is 6.05. The zero-order valence-electron chi connectivity index (χ0n) is 14.5. The van der Waals surface area contributed by atoms with Crippen LogP contribution in [0.2, 0.25) is 0 Å². The highest BCUT2D eigenvalue weighted by Crippen LogP contribution is 2.19. The van der Waals surface area contributed by atoms with E-state index in [-0.39, 0.29) is 30.0 Å². The van der Waals surface area contributed by atoms with E-state index in [0.29, 0.717) is 11.3 Å². The lowest BCUT2D eigenvalue weighted by atomic mass is 10.1. The van der Waals surface area contributed by atoms with Crippen LogP contribution in [-0.4, -0.2) is 29.9 Å². The van der Waals surface area contributed by atoms with Gasteiger partial charge in [-0.25, -0.2) is 0 Å². The molecule has 0 aliphatic carbocycles. The summed E-state index contributed by atoms with van der Waals surface area (Å²) >= 11 is 0. The van der Waals surface area contributed by atoms with Crippen molar-refractivity contribution >= 4 is 17.5 Å². The first-order chi connectivity index (χ1) is 12.9. The molecule has 2 aromatic carbocycles. The number of para-hydroxylation sites is 1. The molecule has 0 saturated heterocycles. The number of aryl methyl sites for hydroxylation is 1. The van der Waals surface area contributed by atoms with Crippen molar-refractivity contribution in [2.75, 3.05) is 13.2 Å². The number of hydrogen-bond acceptors (Lipinski definition) is 5. The summed E-state index contributed by atoms with van der Waals surface area (Å²) in [5.74, 6) is 4.66. The van der Waals surface area contributed by atoms with E-state index in [1.54, 1.807) is 31.2 Å². The summed E-state index contributed by atoms with van der Waals surface area (Å²) < 4.78 is 5.38. The molecule has 0 bridgehead atoms. The number of nitro groups is 1. The molecule has 2 rings (SSSR count). The Morgan fingerprint density at radius 3 is 2.67 bits per heavy atom. The molecule has 8 nitrogen and oxygen atoms in total. The van der Waals surface area contributed by atoms with Gasteiger partial charge in [0, 0.05) is 17.2 Å². The van der Waals surface area contributed by atoms with Crippen molar-refractivity contribution in [3.8, 4) is 17.6 Å². The molecule has 3 N–H and O–H groups in total. The highest BCUT2D eigenvalue weighted by atomic mass is 16.6. The smallest absolute Gasteiger partial charge is 0.273 e. The van der Waals surface area contributed by atoms with Crippen molar-refractivity contribution in [1.29, 1.82) is 0 Å². The third kappa shape index (κ3) is 5.31. The Labute approximate surface area is 155 Å². The predicted octanol–water partition coefficient (Wildman–Crippen LogP) is 1.81. The van der Waals surface area contributed by atoms with Gasteiger partial charge in [0.25, 0.3) is 17.5 Å². The van der Waals surface area contributed by atoms with Crippen molar-refractivity contribution in [3.63, 3.8) is 0 Å². The van der Waals surface area contributed by atoms with Crippen LogP contribution in [0.5, 0.6) is 5.75 Å². The average Bonchev–Trinajstić information content (AvgIpc) is 2.64. The third-order valence-corrected chi connectivity index (χ3v) is 3.58. The molecular formula is C19H17N3O5. The summed E-state index contributed by atoms with van der Waals surface area (Å²) in [4.78, 5) is 33.7. The second kappa shape index (κ2) is 9.01. The summed E-state index contributed by atoms with van der Waals surface area (Å²) in [6, 6.07) is 10.8. The van der Waals surface area contributed by atoms with Gasteiger partial charge in [-0.05, 0) is 25.1 Å². The molecule has 27 heavy (non-hydrogen) atoms. The maximum atomic E-state index is 12.0. The highest BCUT2D eigenvalue weighted by molar-refractivity contribution is 5.95. The number of rotatable bonds is 6. The average molecular weight is 367 g/mol. The molecule has 8 heteroatoms. The van der Waals surface area contributed by atoms with E-state index in [9.17, 15) is 19.7 Å². The van der Waals surface area contributed by atoms with Crippen LogP contribution in [0.15, 0.2) is 42.5 Å². The van der Waals surface area contributed by atoms with E-state index >= 15 is 0 Å². The number of nitrogens with two attached hydrogens (primary N) is 1. The third-order valence-electron chi connectivity index (χ3n) is 3.58. The fraction of sp³-hybridized carbons (Fsp3) is 0.158. The van der Waals surface area contributed by atoms with Crippen LogP contribution in [0.4, 0.5) is 5.69 Å². The highest BCUT2D eigenvalue weighted by Gasteiger charge is 2.14. The standard InChI is InChI=1S/C19H17N3O5/c1-13-8-9-14(12-16(13)22(25)26)19(24)21-10-4-5-11-27-17-7-3-2-6-15(17)18(20)23/h2-3,6-9,12H,10-11H2,1H3,(H2,20,23)(H,21,24). The molecule has 0 aromatic heterocycles. The van der Waals surface area contributed by atoms with Gasteiger partial charge in [-0.15, -0.1) is 0 Å². The number of benzene rings is 2.